The second-order valence-corrected chi connectivity index (χ2v) is 6.38. The predicted molar refractivity (Wildman–Crippen MR) is 97.9 cm³/mol. The Balaban J connectivity index is 1.73. The van der Waals surface area contributed by atoms with Gasteiger partial charge in [0.15, 0.2) is 0 Å². The van der Waals surface area contributed by atoms with E-state index in [0.717, 1.165) is 24.2 Å². The maximum absolute atomic E-state index is 12.5. The summed E-state index contributed by atoms with van der Waals surface area (Å²) in [6.45, 7) is 0. The molecule has 26 heavy (non-hydrogen) atoms. The normalized spacial score (nSPS) is 15.7. The van der Waals surface area contributed by atoms with E-state index in [0.29, 0.717) is 18.3 Å². The zero-order valence-corrected chi connectivity index (χ0v) is 14.4. The van der Waals surface area contributed by atoms with E-state index in [1.807, 2.05) is 12.1 Å². The lowest BCUT2D eigenvalue weighted by molar-refractivity contribution is 0.0933. The van der Waals surface area contributed by atoms with Crippen LogP contribution < -0.4 is 15.5 Å². The van der Waals surface area contributed by atoms with Gasteiger partial charge in [0, 0.05) is 17.2 Å². The monoisotopic (exact) mass is 353 g/mol. The molecule has 0 saturated heterocycles. The van der Waals surface area contributed by atoms with E-state index in [9.17, 15) is 19.6 Å². The number of hydrogen-bond acceptors (Lipinski definition) is 5. The molecule has 0 aromatic heterocycles. The maximum Gasteiger partial charge on any atom is 0.489 e. The fourth-order valence-corrected chi connectivity index (χ4v) is 3.31. The number of hydrogen-bond donors (Lipinski definition) is 3. The van der Waals surface area contributed by atoms with Crippen LogP contribution in [-0.4, -0.2) is 42.5 Å². The van der Waals surface area contributed by atoms with E-state index in [-0.39, 0.29) is 23.0 Å². The van der Waals surface area contributed by atoms with Gasteiger partial charge in [-0.15, -0.1) is 0 Å². The van der Waals surface area contributed by atoms with Crippen molar-refractivity contribution in [3.05, 3.63) is 58.7 Å². The summed E-state index contributed by atoms with van der Waals surface area (Å²) >= 11 is 0. The van der Waals surface area contributed by atoms with E-state index >= 15 is 0 Å². The molecule has 1 aliphatic rings. The van der Waals surface area contributed by atoms with Gasteiger partial charge in [0.25, 0.3) is 5.91 Å². The van der Waals surface area contributed by atoms with Gasteiger partial charge in [-0.1, -0.05) is 12.1 Å². The Hall–Kier alpha value is -2.64. The SMILES string of the molecule is COc1ccc2c(c1)CC(NC(=O)c1ccc(B(O)O)c(C=O)c1)CC2. The van der Waals surface area contributed by atoms with Crippen molar-refractivity contribution >= 4 is 24.8 Å². The zero-order valence-electron chi connectivity index (χ0n) is 14.4. The molecule has 2 aromatic rings. The van der Waals surface area contributed by atoms with Crippen molar-refractivity contribution in [2.45, 2.75) is 25.3 Å². The topological polar surface area (TPSA) is 95.9 Å². The Morgan fingerprint density at radius 3 is 2.73 bits per heavy atom. The molecule has 1 aliphatic carbocycles. The average molecular weight is 353 g/mol. The Morgan fingerprint density at radius 2 is 2.04 bits per heavy atom. The molecular weight excluding hydrogens is 333 g/mol. The first-order valence-corrected chi connectivity index (χ1v) is 8.43. The largest absolute Gasteiger partial charge is 0.497 e. The smallest absolute Gasteiger partial charge is 0.489 e. The van der Waals surface area contributed by atoms with Gasteiger partial charge in [-0.25, -0.2) is 0 Å². The molecule has 0 saturated carbocycles. The van der Waals surface area contributed by atoms with Crippen molar-refractivity contribution in [2.75, 3.05) is 7.11 Å². The summed E-state index contributed by atoms with van der Waals surface area (Å²) < 4.78 is 5.26. The number of amides is 1. The third kappa shape index (κ3) is 3.79. The molecule has 0 aliphatic heterocycles. The van der Waals surface area contributed by atoms with E-state index < -0.39 is 7.12 Å². The molecule has 7 heteroatoms. The van der Waals surface area contributed by atoms with Gasteiger partial charge in [0.05, 0.1) is 7.11 Å². The van der Waals surface area contributed by atoms with Crippen LogP contribution in [0.5, 0.6) is 5.75 Å². The summed E-state index contributed by atoms with van der Waals surface area (Å²) in [5, 5.41) is 21.5. The third-order valence-corrected chi connectivity index (χ3v) is 4.73. The highest BCUT2D eigenvalue weighted by molar-refractivity contribution is 6.60. The van der Waals surface area contributed by atoms with Crippen molar-refractivity contribution in [1.29, 1.82) is 0 Å². The number of aryl methyl sites for hydroxylation is 1. The molecule has 2 aromatic carbocycles. The molecule has 3 N–H and O–H groups in total. The van der Waals surface area contributed by atoms with Gasteiger partial charge in [-0.2, -0.15) is 0 Å². The predicted octanol–water partition coefficient (Wildman–Crippen LogP) is 0.475. The van der Waals surface area contributed by atoms with Gasteiger partial charge in [-0.05, 0) is 60.1 Å². The highest BCUT2D eigenvalue weighted by Gasteiger charge is 2.22. The molecule has 1 unspecified atom stereocenters. The lowest BCUT2D eigenvalue weighted by Gasteiger charge is -2.26. The zero-order chi connectivity index (χ0) is 18.7. The molecule has 0 fully saturated rings. The number of nitrogens with one attached hydrogen (secondary N) is 1. The number of fused-ring (bicyclic) bond motifs is 1. The summed E-state index contributed by atoms with van der Waals surface area (Å²) in [6.07, 6.45) is 2.93. The van der Waals surface area contributed by atoms with Crippen LogP contribution in [0.4, 0.5) is 0 Å². The minimum Gasteiger partial charge on any atom is -0.497 e. The molecule has 0 radical (unpaired) electrons. The molecule has 3 rings (SSSR count). The lowest BCUT2D eigenvalue weighted by Crippen LogP contribution is -2.39. The second-order valence-electron chi connectivity index (χ2n) is 6.38. The van der Waals surface area contributed by atoms with E-state index in [1.54, 1.807) is 7.11 Å². The van der Waals surface area contributed by atoms with Crippen LogP contribution in [0.1, 0.15) is 38.3 Å². The van der Waals surface area contributed by atoms with Gasteiger partial charge in [0.2, 0.25) is 0 Å². The average Bonchev–Trinajstić information content (AvgIpc) is 2.66. The number of carbonyl (C=O) groups excluding carboxylic acids is 2. The fourth-order valence-electron chi connectivity index (χ4n) is 3.31. The maximum atomic E-state index is 12.5. The third-order valence-electron chi connectivity index (χ3n) is 4.73. The first kappa shape index (κ1) is 18.2. The number of benzene rings is 2. The van der Waals surface area contributed by atoms with Gasteiger partial charge in [-0.3, -0.25) is 9.59 Å². The van der Waals surface area contributed by atoms with E-state index in [4.69, 9.17) is 4.74 Å². The standard InChI is InChI=1S/C19H20BNO5/c1-26-17-6-3-12-2-5-16(9-14(12)10-17)21-19(23)13-4-7-18(20(24)25)15(8-13)11-22/h3-4,6-8,10-11,16,24-25H,2,5,9H2,1H3,(H,21,23). The fraction of sp³-hybridized carbons (Fsp3) is 0.263. The van der Waals surface area contributed by atoms with Crippen LogP contribution in [0.3, 0.4) is 0 Å². The van der Waals surface area contributed by atoms with Gasteiger partial charge >= 0.3 is 7.12 Å². The van der Waals surface area contributed by atoms with Crippen molar-refractivity contribution in [3.63, 3.8) is 0 Å². The summed E-state index contributed by atoms with van der Waals surface area (Å²) in [5.74, 6) is 0.507. The first-order valence-electron chi connectivity index (χ1n) is 8.43. The number of rotatable bonds is 5. The number of methoxy groups -OCH3 is 1. The first-order chi connectivity index (χ1) is 12.5. The second kappa shape index (κ2) is 7.72. The summed E-state index contributed by atoms with van der Waals surface area (Å²) in [4.78, 5) is 23.6. The highest BCUT2D eigenvalue weighted by atomic mass is 16.5. The summed E-state index contributed by atoms with van der Waals surface area (Å²) in [7, 11) is -0.126. The van der Waals surface area contributed by atoms with E-state index in [2.05, 4.69) is 11.4 Å². The minimum atomic E-state index is -1.75. The lowest BCUT2D eigenvalue weighted by atomic mass is 9.77. The Kier molecular flexibility index (Phi) is 5.39. The summed E-state index contributed by atoms with van der Waals surface area (Å²) in [6, 6.07) is 10.2. The molecule has 134 valence electrons. The number of aldehydes is 1. The number of carbonyl (C=O) groups is 2. The molecular formula is C19H20BNO5. The van der Waals surface area contributed by atoms with Crippen molar-refractivity contribution < 1.29 is 24.4 Å². The van der Waals surface area contributed by atoms with Crippen LogP contribution >= 0.6 is 0 Å². The molecule has 0 spiro atoms. The van der Waals surface area contributed by atoms with Crippen LogP contribution in [0.15, 0.2) is 36.4 Å². The quantitative estimate of drug-likeness (QED) is 0.537. The Labute approximate surface area is 152 Å². The Morgan fingerprint density at radius 1 is 1.23 bits per heavy atom. The van der Waals surface area contributed by atoms with Crippen LogP contribution in [0.25, 0.3) is 0 Å². The molecule has 6 nitrogen and oxygen atoms in total. The minimum absolute atomic E-state index is 0.00936. The highest BCUT2D eigenvalue weighted by Crippen LogP contribution is 2.25. The summed E-state index contributed by atoms with van der Waals surface area (Å²) in [5.41, 5.74) is 2.91. The van der Waals surface area contributed by atoms with Crippen molar-refractivity contribution in [1.82, 2.24) is 5.32 Å². The molecule has 0 heterocycles. The number of ether oxygens (including phenoxy) is 1. The van der Waals surface area contributed by atoms with Gasteiger partial charge in [0.1, 0.15) is 12.0 Å². The molecule has 1 atom stereocenters. The molecule has 1 amide bonds. The van der Waals surface area contributed by atoms with Crippen LogP contribution in [-0.2, 0) is 12.8 Å². The van der Waals surface area contributed by atoms with Crippen molar-refractivity contribution in [3.8, 4) is 5.75 Å². The Bertz CT molecular complexity index is 837. The van der Waals surface area contributed by atoms with Gasteiger partial charge < -0.3 is 20.1 Å². The van der Waals surface area contributed by atoms with Crippen LogP contribution in [0.2, 0.25) is 0 Å². The van der Waals surface area contributed by atoms with Crippen LogP contribution in [0, 0.1) is 0 Å². The van der Waals surface area contributed by atoms with Crippen molar-refractivity contribution in [2.24, 2.45) is 0 Å². The van der Waals surface area contributed by atoms with E-state index in [1.165, 1.54) is 23.8 Å². The molecule has 0 bridgehead atoms.